The fraction of sp³-hybridized carbons (Fsp3) is 0.120. The van der Waals surface area contributed by atoms with Gasteiger partial charge in [0.05, 0.1) is 17.8 Å². The molecule has 3 aromatic carbocycles. The topological polar surface area (TPSA) is 73.5 Å². The molecule has 0 saturated heterocycles. The van der Waals surface area contributed by atoms with E-state index in [-0.39, 0.29) is 18.4 Å². The molecule has 6 heteroatoms. The second-order valence-electron chi connectivity index (χ2n) is 7.27. The molecule has 3 aromatic rings. The zero-order chi connectivity index (χ0) is 21.8. The van der Waals surface area contributed by atoms with Crippen LogP contribution in [0.5, 0.6) is 0 Å². The Morgan fingerprint density at radius 2 is 1.61 bits per heavy atom. The zero-order valence-electron chi connectivity index (χ0n) is 17.5. The third-order valence-corrected chi connectivity index (χ3v) is 5.21. The number of nitrogens with zero attached hydrogens (tertiary/aromatic N) is 1. The van der Waals surface area contributed by atoms with Crippen LogP contribution in [-0.2, 0) is 9.59 Å². The predicted octanol–water partition coefficient (Wildman–Crippen LogP) is 3.80. The minimum atomic E-state index is -0.137. The Balaban J connectivity index is 1.71. The Labute approximate surface area is 181 Å². The Morgan fingerprint density at radius 1 is 0.935 bits per heavy atom. The largest absolute Gasteiger partial charge is 0.354 e. The molecule has 0 atom stereocenters. The Morgan fingerprint density at radius 3 is 2.32 bits per heavy atom. The molecule has 156 valence electrons. The summed E-state index contributed by atoms with van der Waals surface area (Å²) >= 11 is 0. The molecule has 0 fully saturated rings. The number of likely N-dealkylation sites (N-methyl/N-ethyl adjacent to an activating group) is 2. The molecule has 1 aliphatic heterocycles. The number of fused-ring (bicyclic) bond motifs is 1. The summed E-state index contributed by atoms with van der Waals surface area (Å²) in [5.74, 6) is -0.156. The van der Waals surface area contributed by atoms with Gasteiger partial charge in [-0.15, -0.1) is 0 Å². The standard InChI is InChI=1S/C25H24N4O2/c1-26-16-22(30)29(2)19-14-12-18(13-15-19)27-24(17-8-4-3-5-9-17)23-20-10-6-7-11-21(20)28-25(23)31/h3-15,26-27H,16H2,1-2H3,(H,28,31). The molecule has 0 radical (unpaired) electrons. The van der Waals surface area contributed by atoms with Crippen molar-refractivity contribution in [2.24, 2.45) is 0 Å². The molecule has 0 aliphatic carbocycles. The number of amides is 2. The molecule has 1 aliphatic rings. The van der Waals surface area contributed by atoms with Crippen LogP contribution in [0.1, 0.15) is 11.1 Å². The average molecular weight is 412 g/mol. The normalized spacial score (nSPS) is 13.9. The van der Waals surface area contributed by atoms with Gasteiger partial charge in [-0.3, -0.25) is 9.59 Å². The first-order valence-electron chi connectivity index (χ1n) is 10.1. The maximum absolute atomic E-state index is 12.9. The quantitative estimate of drug-likeness (QED) is 0.539. The molecular weight excluding hydrogens is 388 g/mol. The fourth-order valence-corrected chi connectivity index (χ4v) is 3.58. The van der Waals surface area contributed by atoms with E-state index in [1.54, 1.807) is 19.0 Å². The Bertz CT molecular complexity index is 1140. The van der Waals surface area contributed by atoms with Gasteiger partial charge in [0.1, 0.15) is 0 Å². The molecule has 2 amide bonds. The highest BCUT2D eigenvalue weighted by Crippen LogP contribution is 2.37. The van der Waals surface area contributed by atoms with E-state index in [0.29, 0.717) is 5.57 Å². The molecule has 3 N–H and O–H groups in total. The van der Waals surface area contributed by atoms with E-state index in [0.717, 1.165) is 33.9 Å². The summed E-state index contributed by atoms with van der Waals surface area (Å²) in [5.41, 5.74) is 5.54. The monoisotopic (exact) mass is 412 g/mol. The molecule has 0 saturated carbocycles. The second-order valence-corrected chi connectivity index (χ2v) is 7.27. The maximum Gasteiger partial charge on any atom is 0.258 e. The van der Waals surface area contributed by atoms with Crippen molar-refractivity contribution < 1.29 is 9.59 Å². The van der Waals surface area contributed by atoms with E-state index in [1.807, 2.05) is 78.9 Å². The maximum atomic E-state index is 12.9. The van der Waals surface area contributed by atoms with Gasteiger partial charge in [0.25, 0.3) is 5.91 Å². The van der Waals surface area contributed by atoms with Crippen molar-refractivity contribution in [1.82, 2.24) is 5.32 Å². The van der Waals surface area contributed by atoms with Crippen molar-refractivity contribution in [3.05, 3.63) is 90.0 Å². The van der Waals surface area contributed by atoms with Crippen LogP contribution in [0.25, 0.3) is 11.3 Å². The number of benzene rings is 3. The first kappa shape index (κ1) is 20.4. The number of carbonyl (C=O) groups is 2. The lowest BCUT2D eigenvalue weighted by Gasteiger charge is -2.19. The van der Waals surface area contributed by atoms with E-state index >= 15 is 0 Å². The van der Waals surface area contributed by atoms with Gasteiger partial charge in [-0.2, -0.15) is 0 Å². The van der Waals surface area contributed by atoms with Crippen molar-refractivity contribution in [3.63, 3.8) is 0 Å². The lowest BCUT2D eigenvalue weighted by molar-refractivity contribution is -0.117. The first-order chi connectivity index (χ1) is 15.1. The Kier molecular flexibility index (Phi) is 5.82. The van der Waals surface area contributed by atoms with Crippen LogP contribution >= 0.6 is 0 Å². The zero-order valence-corrected chi connectivity index (χ0v) is 17.5. The Hall–Kier alpha value is -3.90. The molecule has 0 unspecified atom stereocenters. The molecule has 1 heterocycles. The molecule has 6 nitrogen and oxygen atoms in total. The third-order valence-electron chi connectivity index (χ3n) is 5.21. The predicted molar refractivity (Wildman–Crippen MR) is 126 cm³/mol. The summed E-state index contributed by atoms with van der Waals surface area (Å²) in [6.07, 6.45) is 0. The van der Waals surface area contributed by atoms with Gasteiger partial charge in [0.15, 0.2) is 0 Å². The van der Waals surface area contributed by atoms with E-state index in [9.17, 15) is 9.59 Å². The van der Waals surface area contributed by atoms with E-state index in [4.69, 9.17) is 0 Å². The summed E-state index contributed by atoms with van der Waals surface area (Å²) in [4.78, 5) is 26.6. The molecule has 0 aromatic heterocycles. The van der Waals surface area contributed by atoms with Crippen LogP contribution in [0.15, 0.2) is 78.9 Å². The molecule has 31 heavy (non-hydrogen) atoms. The lowest BCUT2D eigenvalue weighted by atomic mass is 10.00. The summed E-state index contributed by atoms with van der Waals surface area (Å²) in [5, 5.41) is 9.25. The smallest absolute Gasteiger partial charge is 0.258 e. The highest BCUT2D eigenvalue weighted by atomic mass is 16.2. The van der Waals surface area contributed by atoms with Gasteiger partial charge >= 0.3 is 0 Å². The van der Waals surface area contributed by atoms with E-state index < -0.39 is 0 Å². The van der Waals surface area contributed by atoms with Crippen molar-refractivity contribution >= 4 is 40.1 Å². The van der Waals surface area contributed by atoms with Gasteiger partial charge in [-0.05, 0) is 42.9 Å². The van der Waals surface area contributed by atoms with E-state index in [2.05, 4.69) is 16.0 Å². The van der Waals surface area contributed by atoms with Crippen LogP contribution in [0, 0.1) is 0 Å². The summed E-state index contributed by atoms with van der Waals surface area (Å²) < 4.78 is 0. The summed E-state index contributed by atoms with van der Waals surface area (Å²) in [7, 11) is 3.49. The number of para-hydroxylation sites is 1. The minimum absolute atomic E-state index is 0.0189. The molecule has 4 rings (SSSR count). The number of hydrogen-bond acceptors (Lipinski definition) is 4. The lowest BCUT2D eigenvalue weighted by Crippen LogP contribution is -2.34. The second kappa shape index (κ2) is 8.85. The van der Waals surface area contributed by atoms with Crippen LogP contribution in [0.4, 0.5) is 17.1 Å². The van der Waals surface area contributed by atoms with Gasteiger partial charge in [-0.25, -0.2) is 0 Å². The van der Waals surface area contributed by atoms with Crippen LogP contribution < -0.4 is 20.9 Å². The minimum Gasteiger partial charge on any atom is -0.354 e. The first-order valence-corrected chi connectivity index (χ1v) is 10.1. The van der Waals surface area contributed by atoms with Gasteiger partial charge < -0.3 is 20.9 Å². The number of hydrogen-bond donors (Lipinski definition) is 3. The molecule has 0 bridgehead atoms. The number of carbonyl (C=O) groups excluding carboxylic acids is 2. The average Bonchev–Trinajstić information content (AvgIpc) is 3.13. The molecular formula is C25H24N4O2. The van der Waals surface area contributed by atoms with Gasteiger partial charge in [0, 0.05) is 29.7 Å². The van der Waals surface area contributed by atoms with Crippen molar-refractivity contribution in [3.8, 4) is 0 Å². The summed E-state index contributed by atoms with van der Waals surface area (Å²) in [6.45, 7) is 0.273. The van der Waals surface area contributed by atoms with Crippen LogP contribution in [-0.4, -0.2) is 32.5 Å². The van der Waals surface area contributed by atoms with Crippen molar-refractivity contribution in [2.45, 2.75) is 0 Å². The van der Waals surface area contributed by atoms with Crippen molar-refractivity contribution in [2.75, 3.05) is 36.2 Å². The number of nitrogens with one attached hydrogen (secondary N) is 3. The highest BCUT2D eigenvalue weighted by Gasteiger charge is 2.28. The summed E-state index contributed by atoms with van der Waals surface area (Å²) in [6, 6.07) is 25.0. The third kappa shape index (κ3) is 4.20. The highest BCUT2D eigenvalue weighted by molar-refractivity contribution is 6.37. The molecule has 0 spiro atoms. The van der Waals surface area contributed by atoms with Gasteiger partial charge in [-0.1, -0.05) is 48.5 Å². The van der Waals surface area contributed by atoms with Crippen LogP contribution in [0.2, 0.25) is 0 Å². The van der Waals surface area contributed by atoms with Crippen LogP contribution in [0.3, 0.4) is 0 Å². The number of rotatable bonds is 6. The SMILES string of the molecule is CNCC(=O)N(C)c1ccc(NC(=C2C(=O)Nc3ccccc32)c2ccccc2)cc1. The van der Waals surface area contributed by atoms with E-state index in [1.165, 1.54) is 0 Å². The van der Waals surface area contributed by atoms with Crippen molar-refractivity contribution in [1.29, 1.82) is 0 Å². The van der Waals surface area contributed by atoms with Gasteiger partial charge in [0.2, 0.25) is 5.91 Å². The number of anilines is 3. The fourth-order valence-electron chi connectivity index (χ4n) is 3.58.